The number of nitrogens with one attached hydrogen (secondary N) is 1. The lowest BCUT2D eigenvalue weighted by Crippen LogP contribution is -2.30. The molecule has 0 atom stereocenters. The minimum absolute atomic E-state index is 0.539. The maximum Gasteiger partial charge on any atom is 0.0827 e. The van der Waals surface area contributed by atoms with Gasteiger partial charge in [-0.2, -0.15) is 5.10 Å². The van der Waals surface area contributed by atoms with E-state index in [0.717, 1.165) is 5.69 Å². The van der Waals surface area contributed by atoms with E-state index in [1.807, 2.05) is 11.7 Å². The molecule has 1 aliphatic rings. The van der Waals surface area contributed by atoms with Gasteiger partial charge < -0.3 is 5.32 Å². The van der Waals surface area contributed by atoms with Crippen molar-refractivity contribution in [1.29, 1.82) is 0 Å². The van der Waals surface area contributed by atoms with Crippen LogP contribution < -0.4 is 5.32 Å². The molecule has 1 heterocycles. The Morgan fingerprint density at radius 2 is 1.82 bits per heavy atom. The van der Waals surface area contributed by atoms with Crippen LogP contribution in [0.3, 0.4) is 0 Å². The molecule has 0 radical (unpaired) electrons. The SMILES string of the molecule is Cc1nn(C)c(C)c1NC1CCC(C)(C)CC1. The minimum atomic E-state index is 0.539. The first kappa shape index (κ1) is 12.5. The van der Waals surface area contributed by atoms with Gasteiger partial charge in [0.1, 0.15) is 0 Å². The second kappa shape index (κ2) is 4.35. The zero-order valence-corrected chi connectivity index (χ0v) is 11.8. The molecule has 0 unspecified atom stereocenters. The summed E-state index contributed by atoms with van der Waals surface area (Å²) in [5.41, 5.74) is 4.15. The summed E-state index contributed by atoms with van der Waals surface area (Å²) in [4.78, 5) is 0. The van der Waals surface area contributed by atoms with E-state index in [0.29, 0.717) is 11.5 Å². The molecule has 3 nitrogen and oxygen atoms in total. The van der Waals surface area contributed by atoms with Gasteiger partial charge in [-0.15, -0.1) is 0 Å². The molecule has 0 bridgehead atoms. The predicted molar refractivity (Wildman–Crippen MR) is 72.3 cm³/mol. The highest BCUT2D eigenvalue weighted by molar-refractivity contribution is 5.52. The van der Waals surface area contributed by atoms with Crippen LogP contribution >= 0.6 is 0 Å². The van der Waals surface area contributed by atoms with Crippen LogP contribution in [0, 0.1) is 19.3 Å². The molecule has 1 saturated carbocycles. The Morgan fingerprint density at radius 1 is 1.24 bits per heavy atom. The molecular formula is C14H25N3. The predicted octanol–water partition coefficient (Wildman–Crippen LogP) is 3.42. The summed E-state index contributed by atoms with van der Waals surface area (Å²) in [6.07, 6.45) is 5.20. The van der Waals surface area contributed by atoms with Gasteiger partial charge in [-0.3, -0.25) is 4.68 Å². The number of anilines is 1. The highest BCUT2D eigenvalue weighted by Gasteiger charge is 2.27. The van der Waals surface area contributed by atoms with Crippen molar-refractivity contribution in [2.24, 2.45) is 12.5 Å². The number of aromatic nitrogens is 2. The van der Waals surface area contributed by atoms with Crippen LogP contribution in [0.15, 0.2) is 0 Å². The van der Waals surface area contributed by atoms with E-state index >= 15 is 0 Å². The van der Waals surface area contributed by atoms with Crippen LogP contribution in [0.5, 0.6) is 0 Å². The number of hydrogen-bond acceptors (Lipinski definition) is 2. The van der Waals surface area contributed by atoms with E-state index in [9.17, 15) is 0 Å². The van der Waals surface area contributed by atoms with Crippen molar-refractivity contribution < 1.29 is 0 Å². The van der Waals surface area contributed by atoms with Crippen LogP contribution in [-0.2, 0) is 7.05 Å². The summed E-state index contributed by atoms with van der Waals surface area (Å²) >= 11 is 0. The van der Waals surface area contributed by atoms with Crippen molar-refractivity contribution in [3.8, 4) is 0 Å². The lowest BCUT2D eigenvalue weighted by Gasteiger charge is -2.35. The van der Waals surface area contributed by atoms with Gasteiger partial charge in [-0.25, -0.2) is 0 Å². The first-order valence-corrected chi connectivity index (χ1v) is 6.66. The first-order valence-electron chi connectivity index (χ1n) is 6.66. The Balaban J connectivity index is 2.03. The second-order valence-corrected chi connectivity index (χ2v) is 6.25. The monoisotopic (exact) mass is 235 g/mol. The summed E-state index contributed by atoms with van der Waals surface area (Å²) < 4.78 is 1.96. The zero-order chi connectivity index (χ0) is 12.6. The molecule has 0 aromatic carbocycles. The fraction of sp³-hybridized carbons (Fsp3) is 0.786. The summed E-state index contributed by atoms with van der Waals surface area (Å²) in [5.74, 6) is 0. The number of hydrogen-bond donors (Lipinski definition) is 1. The van der Waals surface area contributed by atoms with Gasteiger partial charge in [-0.1, -0.05) is 13.8 Å². The standard InChI is InChI=1S/C14H25N3/c1-10-13(11(2)17(5)16-10)15-12-6-8-14(3,4)9-7-12/h12,15H,6-9H2,1-5H3. The Kier molecular flexibility index (Phi) is 3.19. The topological polar surface area (TPSA) is 29.9 Å². The largest absolute Gasteiger partial charge is 0.379 e. The summed E-state index contributed by atoms with van der Waals surface area (Å²) in [6.45, 7) is 8.98. The maximum absolute atomic E-state index is 4.46. The molecule has 1 fully saturated rings. The Bertz CT molecular complexity index is 394. The summed E-state index contributed by atoms with van der Waals surface area (Å²) in [6, 6.07) is 0.629. The molecule has 2 rings (SSSR count). The van der Waals surface area contributed by atoms with Gasteiger partial charge in [-0.05, 0) is 44.9 Å². The molecule has 3 heteroatoms. The van der Waals surface area contributed by atoms with E-state index in [-0.39, 0.29) is 0 Å². The molecule has 0 saturated heterocycles. The van der Waals surface area contributed by atoms with Crippen molar-refractivity contribution in [3.05, 3.63) is 11.4 Å². The van der Waals surface area contributed by atoms with Crippen LogP contribution in [-0.4, -0.2) is 15.8 Å². The van der Waals surface area contributed by atoms with Crippen LogP contribution in [0.1, 0.15) is 50.9 Å². The molecule has 17 heavy (non-hydrogen) atoms. The summed E-state index contributed by atoms with van der Waals surface area (Å²) in [7, 11) is 2.01. The first-order chi connectivity index (χ1) is 7.89. The van der Waals surface area contributed by atoms with Gasteiger partial charge in [0.25, 0.3) is 0 Å². The lowest BCUT2D eigenvalue weighted by molar-refractivity contribution is 0.232. The molecule has 1 N–H and O–H groups in total. The number of nitrogens with zero attached hydrogens (tertiary/aromatic N) is 2. The highest BCUT2D eigenvalue weighted by Crippen LogP contribution is 2.36. The molecule has 0 spiro atoms. The van der Waals surface area contributed by atoms with Crippen molar-refractivity contribution >= 4 is 5.69 Å². The molecule has 96 valence electrons. The van der Waals surface area contributed by atoms with Gasteiger partial charge in [0.15, 0.2) is 0 Å². The Hall–Kier alpha value is -0.990. The maximum atomic E-state index is 4.46. The van der Waals surface area contributed by atoms with Gasteiger partial charge >= 0.3 is 0 Å². The Labute approximate surface area is 105 Å². The third-order valence-electron chi connectivity index (χ3n) is 4.20. The van der Waals surface area contributed by atoms with E-state index in [1.54, 1.807) is 0 Å². The number of aryl methyl sites for hydroxylation is 2. The van der Waals surface area contributed by atoms with Crippen LogP contribution in [0.4, 0.5) is 5.69 Å². The summed E-state index contributed by atoms with van der Waals surface area (Å²) in [5, 5.41) is 8.15. The average Bonchev–Trinajstić information content (AvgIpc) is 2.48. The van der Waals surface area contributed by atoms with E-state index in [2.05, 4.69) is 38.1 Å². The molecule has 0 aliphatic heterocycles. The normalized spacial score (nSPS) is 20.5. The van der Waals surface area contributed by atoms with Gasteiger partial charge in [0.2, 0.25) is 0 Å². The van der Waals surface area contributed by atoms with E-state index in [4.69, 9.17) is 0 Å². The van der Waals surface area contributed by atoms with Gasteiger partial charge in [0.05, 0.1) is 17.1 Å². The third kappa shape index (κ3) is 2.64. The highest BCUT2D eigenvalue weighted by atomic mass is 15.3. The average molecular weight is 235 g/mol. The fourth-order valence-corrected chi connectivity index (χ4v) is 2.73. The molecule has 1 aromatic heterocycles. The van der Waals surface area contributed by atoms with Crippen molar-refractivity contribution in [1.82, 2.24) is 9.78 Å². The van der Waals surface area contributed by atoms with Crippen molar-refractivity contribution in [2.45, 2.75) is 59.4 Å². The lowest BCUT2D eigenvalue weighted by atomic mass is 9.75. The third-order valence-corrected chi connectivity index (χ3v) is 4.20. The van der Waals surface area contributed by atoms with Crippen LogP contribution in [0.25, 0.3) is 0 Å². The quantitative estimate of drug-likeness (QED) is 0.851. The van der Waals surface area contributed by atoms with E-state index < -0.39 is 0 Å². The van der Waals surface area contributed by atoms with Crippen LogP contribution in [0.2, 0.25) is 0 Å². The number of rotatable bonds is 2. The van der Waals surface area contributed by atoms with Crippen molar-refractivity contribution in [2.75, 3.05) is 5.32 Å². The second-order valence-electron chi connectivity index (χ2n) is 6.25. The smallest absolute Gasteiger partial charge is 0.0827 e. The Morgan fingerprint density at radius 3 is 2.29 bits per heavy atom. The molecule has 1 aliphatic carbocycles. The molecule has 0 amide bonds. The molecular weight excluding hydrogens is 210 g/mol. The van der Waals surface area contributed by atoms with Crippen molar-refractivity contribution in [3.63, 3.8) is 0 Å². The molecule has 1 aromatic rings. The minimum Gasteiger partial charge on any atom is -0.379 e. The fourth-order valence-electron chi connectivity index (χ4n) is 2.73. The van der Waals surface area contributed by atoms with E-state index in [1.165, 1.54) is 37.1 Å². The van der Waals surface area contributed by atoms with Gasteiger partial charge in [0, 0.05) is 13.1 Å². The zero-order valence-electron chi connectivity index (χ0n) is 11.8.